The van der Waals surface area contributed by atoms with Crippen LogP contribution in [0.2, 0.25) is 0 Å². The number of nitrogens with zero attached hydrogens (tertiary/aromatic N) is 3. The molecule has 6 heterocycles. The number of allylic oxidation sites excluding steroid dienone is 1. The minimum atomic E-state index is -5.04. The van der Waals surface area contributed by atoms with Crippen molar-refractivity contribution < 1.29 is 59.3 Å². The van der Waals surface area contributed by atoms with Gasteiger partial charge in [-0.15, -0.1) is 0 Å². The number of carbonyl (C=O) groups excluding carboxylic acids is 3. The molecule has 6 aliphatic rings. The number of methoxy groups -OCH3 is 1. The third kappa shape index (κ3) is 7.46. The van der Waals surface area contributed by atoms with Crippen molar-refractivity contribution in [3.05, 3.63) is 41.6 Å². The lowest BCUT2D eigenvalue weighted by Crippen LogP contribution is -2.61. The van der Waals surface area contributed by atoms with Crippen LogP contribution in [0.15, 0.2) is 30.4 Å². The van der Waals surface area contributed by atoms with Gasteiger partial charge in [0.25, 0.3) is 5.91 Å². The third-order valence-electron chi connectivity index (χ3n) is 12.1. The zero-order valence-corrected chi connectivity index (χ0v) is 33.2. The van der Waals surface area contributed by atoms with Gasteiger partial charge in [0.15, 0.2) is 11.4 Å². The summed E-state index contributed by atoms with van der Waals surface area (Å²) in [6.45, 7) is 3.69. The molecule has 8 atom stereocenters. The summed E-state index contributed by atoms with van der Waals surface area (Å²) in [6, 6.07) is 2.35. The van der Waals surface area contributed by atoms with Crippen LogP contribution in [0.5, 0.6) is 11.5 Å². The molecule has 14 nitrogen and oxygen atoms in total. The number of alkyl halides is 4. The third-order valence-corrected chi connectivity index (χ3v) is 13.8. The molecule has 8 rings (SSSR count). The molecule has 19 heteroatoms. The first kappa shape index (κ1) is 40.5. The Balaban J connectivity index is 1.16. The first-order valence-corrected chi connectivity index (χ1v) is 21.4. The van der Waals surface area contributed by atoms with Gasteiger partial charge in [-0.25, -0.2) is 26.9 Å². The number of sulfonamides is 1. The second kappa shape index (κ2) is 14.8. The van der Waals surface area contributed by atoms with Gasteiger partial charge in [0.1, 0.15) is 35.4 Å². The molecule has 1 saturated carbocycles. The maximum absolute atomic E-state index is 16.8. The normalized spacial score (nSPS) is 33.2. The number of amides is 3. The van der Waals surface area contributed by atoms with E-state index >= 15 is 4.39 Å². The number of nitrogens with one attached hydrogen (secondary N) is 2. The van der Waals surface area contributed by atoms with Crippen LogP contribution in [0.3, 0.4) is 0 Å². The van der Waals surface area contributed by atoms with Crippen molar-refractivity contribution in [3.8, 4) is 11.5 Å². The van der Waals surface area contributed by atoms with Crippen molar-refractivity contribution in [3.63, 3.8) is 0 Å². The summed E-state index contributed by atoms with van der Waals surface area (Å²) in [4.78, 5) is 46.9. The van der Waals surface area contributed by atoms with E-state index in [2.05, 4.69) is 15.6 Å². The van der Waals surface area contributed by atoms with Crippen LogP contribution in [-0.4, -0.2) is 109 Å². The molecule has 2 aromatic rings. The van der Waals surface area contributed by atoms with Gasteiger partial charge in [-0.2, -0.15) is 13.2 Å². The second-order valence-corrected chi connectivity index (χ2v) is 18.7. The number of epoxide rings is 1. The Labute approximate surface area is 333 Å². The van der Waals surface area contributed by atoms with E-state index in [-0.39, 0.29) is 66.4 Å². The van der Waals surface area contributed by atoms with E-state index in [0.717, 1.165) is 17.1 Å². The molecule has 2 N–H and O–H groups in total. The standard InChI is InChI=1S/C39H47F4N5O9S/c1-21(2)19-55-36(51)45-27-10-8-6-4-5-7-9-22-16-38(22,35(50)48-13-14-58(48,52)53)46-33(49)28-18-37(20-47(28)34-30(27)56-34)17-25(40)29-24-15-23(54-3)11-12-26(24)44-32(31(29)57-37)39(41,42)43/h7,9,11-12,15,21-22,25,27-28,30,34H,4-6,8,10,13-14,16-20H2,1-3H3,(H,45,51)(H,46,49). The van der Waals surface area contributed by atoms with Crippen LogP contribution < -0.4 is 20.1 Å². The highest BCUT2D eigenvalue weighted by Gasteiger charge is 2.66. The Morgan fingerprint density at radius 3 is 2.64 bits per heavy atom. The predicted octanol–water partition coefficient (Wildman–Crippen LogP) is 4.91. The number of benzene rings is 1. The van der Waals surface area contributed by atoms with E-state index in [1.165, 1.54) is 25.3 Å². The van der Waals surface area contributed by atoms with Crippen LogP contribution >= 0.6 is 0 Å². The Morgan fingerprint density at radius 2 is 1.95 bits per heavy atom. The monoisotopic (exact) mass is 837 g/mol. The Bertz CT molecular complexity index is 2140. The zero-order chi connectivity index (χ0) is 41.4. The number of ether oxygens (including phenoxy) is 4. The van der Waals surface area contributed by atoms with Gasteiger partial charge < -0.3 is 29.6 Å². The van der Waals surface area contributed by atoms with Crippen LogP contribution in [0.25, 0.3) is 10.9 Å². The minimum Gasteiger partial charge on any atom is -0.497 e. The number of aromatic nitrogens is 1. The average molecular weight is 838 g/mol. The molecular weight excluding hydrogens is 791 g/mol. The van der Waals surface area contributed by atoms with E-state index in [1.807, 2.05) is 19.9 Å². The summed E-state index contributed by atoms with van der Waals surface area (Å²) in [6.07, 6.45) is -2.70. The number of alkyl carbamates (subject to hydrolysis) is 1. The molecule has 1 spiro atoms. The summed E-state index contributed by atoms with van der Waals surface area (Å²) in [5, 5.41) is 5.84. The van der Waals surface area contributed by atoms with E-state index in [0.29, 0.717) is 19.3 Å². The number of halogens is 4. The van der Waals surface area contributed by atoms with Gasteiger partial charge in [0.05, 0.1) is 43.6 Å². The number of hydrogen-bond donors (Lipinski definition) is 2. The van der Waals surface area contributed by atoms with Crippen molar-refractivity contribution in [1.29, 1.82) is 0 Å². The lowest BCUT2D eigenvalue weighted by atomic mass is 9.85. The maximum atomic E-state index is 16.8. The average Bonchev–Trinajstić information content (AvgIpc) is 4.06. The van der Waals surface area contributed by atoms with Gasteiger partial charge in [-0.05, 0) is 49.8 Å². The van der Waals surface area contributed by atoms with Gasteiger partial charge in [-0.3, -0.25) is 14.5 Å². The number of hydrogen-bond acceptors (Lipinski definition) is 11. The maximum Gasteiger partial charge on any atom is 0.437 e. The summed E-state index contributed by atoms with van der Waals surface area (Å²) in [7, 11) is -2.47. The quantitative estimate of drug-likeness (QED) is 0.239. The highest BCUT2D eigenvalue weighted by molar-refractivity contribution is 7.90. The Hall–Kier alpha value is -4.23. The highest BCUT2D eigenvalue weighted by atomic mass is 32.2. The van der Waals surface area contributed by atoms with Crippen molar-refractivity contribution >= 4 is 38.8 Å². The summed E-state index contributed by atoms with van der Waals surface area (Å²) in [5.41, 5.74) is -5.13. The van der Waals surface area contributed by atoms with Crippen molar-refractivity contribution in [1.82, 2.24) is 24.8 Å². The summed E-state index contributed by atoms with van der Waals surface area (Å²) < 4.78 is 110. The molecule has 316 valence electrons. The molecular formula is C39H47F4N5O9S. The van der Waals surface area contributed by atoms with Gasteiger partial charge in [-0.1, -0.05) is 38.8 Å². The molecule has 1 aromatic heterocycles. The molecule has 5 aliphatic heterocycles. The molecule has 1 aromatic carbocycles. The highest BCUT2D eigenvalue weighted by Crippen LogP contribution is 2.55. The second-order valence-electron chi connectivity index (χ2n) is 16.7. The van der Waals surface area contributed by atoms with Gasteiger partial charge in [0, 0.05) is 36.3 Å². The van der Waals surface area contributed by atoms with Crippen LogP contribution in [-0.2, 0) is 35.3 Å². The molecule has 3 saturated heterocycles. The van der Waals surface area contributed by atoms with Crippen LogP contribution in [0, 0.1) is 11.8 Å². The molecule has 1 aliphatic carbocycles. The number of carbonyl (C=O) groups is 3. The molecule has 4 fully saturated rings. The number of rotatable bonds is 5. The van der Waals surface area contributed by atoms with Crippen molar-refractivity contribution in [2.24, 2.45) is 11.8 Å². The number of pyridine rings is 1. The Kier molecular flexibility index (Phi) is 10.3. The Morgan fingerprint density at radius 1 is 1.16 bits per heavy atom. The topological polar surface area (TPSA) is 169 Å². The number of fused-ring (bicyclic) bond motifs is 7. The zero-order valence-electron chi connectivity index (χ0n) is 32.3. The SMILES string of the molecule is COc1ccc2nc(C(F)(F)F)c3c(c2c1)C(F)CC1(CC2C(=O)NC4(C(=O)N5CCS5(=O)=O)CC4C=CCCCCCC(NC(=O)OCC(C)C)C4OC4N2C1)O3. The first-order chi connectivity index (χ1) is 27.4. The molecule has 58 heavy (non-hydrogen) atoms. The van der Waals surface area contributed by atoms with Crippen LogP contribution in [0.4, 0.5) is 22.4 Å². The first-order valence-electron chi connectivity index (χ1n) is 19.8. The smallest absolute Gasteiger partial charge is 0.437 e. The minimum absolute atomic E-state index is 0.0270. The largest absolute Gasteiger partial charge is 0.497 e. The summed E-state index contributed by atoms with van der Waals surface area (Å²) >= 11 is 0. The van der Waals surface area contributed by atoms with Gasteiger partial charge >= 0.3 is 12.3 Å². The fourth-order valence-electron chi connectivity index (χ4n) is 8.92. The van der Waals surface area contributed by atoms with E-state index < -0.39 is 99.6 Å². The van der Waals surface area contributed by atoms with Gasteiger partial charge in [0.2, 0.25) is 15.9 Å². The lowest BCUT2D eigenvalue weighted by molar-refractivity contribution is -0.144. The predicted molar refractivity (Wildman–Crippen MR) is 199 cm³/mol. The fraction of sp³-hybridized carbons (Fsp3) is 0.641. The fourth-order valence-corrected chi connectivity index (χ4v) is 10.0. The van der Waals surface area contributed by atoms with Crippen molar-refractivity contribution in [2.45, 2.75) is 113 Å². The molecule has 8 unspecified atom stereocenters. The van der Waals surface area contributed by atoms with E-state index in [9.17, 15) is 36.0 Å². The van der Waals surface area contributed by atoms with Crippen LogP contribution in [0.1, 0.15) is 82.6 Å². The molecule has 3 amide bonds. The molecule has 0 radical (unpaired) electrons. The van der Waals surface area contributed by atoms with E-state index in [1.54, 1.807) is 11.0 Å². The van der Waals surface area contributed by atoms with E-state index in [4.69, 9.17) is 18.9 Å². The van der Waals surface area contributed by atoms with Crippen molar-refractivity contribution in [2.75, 3.05) is 32.6 Å². The summed E-state index contributed by atoms with van der Waals surface area (Å²) in [5.74, 6) is -2.62. The lowest BCUT2D eigenvalue weighted by Gasteiger charge is -2.38. The molecule has 0 bridgehead atoms.